The summed E-state index contributed by atoms with van der Waals surface area (Å²) in [6.07, 6.45) is 3.90. The quantitative estimate of drug-likeness (QED) is 0.747. The highest BCUT2D eigenvalue weighted by Gasteiger charge is 2.31. The number of hydrogen-bond acceptors (Lipinski definition) is 4. The zero-order valence-electron chi connectivity index (χ0n) is 17.3. The largest absolute Gasteiger partial charge is 0.372 e. The van der Waals surface area contributed by atoms with Gasteiger partial charge >= 0.3 is 0 Å². The first kappa shape index (κ1) is 21.2. The molecule has 1 fully saturated rings. The van der Waals surface area contributed by atoms with Crippen molar-refractivity contribution >= 4 is 33.0 Å². The van der Waals surface area contributed by atoms with Gasteiger partial charge in [-0.1, -0.05) is 24.6 Å². The molecule has 156 valence electrons. The van der Waals surface area contributed by atoms with Gasteiger partial charge in [0.2, 0.25) is 15.9 Å². The maximum absolute atomic E-state index is 13.0. The molecule has 7 heteroatoms. The van der Waals surface area contributed by atoms with Gasteiger partial charge in [0, 0.05) is 24.5 Å². The van der Waals surface area contributed by atoms with E-state index in [0.29, 0.717) is 17.8 Å². The molecule has 2 aromatic carbocycles. The van der Waals surface area contributed by atoms with Crippen LogP contribution in [0.4, 0.5) is 17.1 Å². The molecule has 1 amide bonds. The molecule has 3 rings (SSSR count). The summed E-state index contributed by atoms with van der Waals surface area (Å²) in [5, 5.41) is 2.88. The van der Waals surface area contributed by atoms with Crippen LogP contribution in [-0.2, 0) is 14.8 Å². The molecule has 0 radical (unpaired) electrons. The fraction of sp³-hybridized carbons (Fsp3) is 0.409. The third kappa shape index (κ3) is 5.09. The molecule has 1 unspecified atom stereocenters. The molecule has 1 aliphatic rings. The number of aryl methyl sites for hydroxylation is 1. The van der Waals surface area contributed by atoms with Crippen LogP contribution < -0.4 is 14.5 Å². The second kappa shape index (κ2) is 8.86. The summed E-state index contributed by atoms with van der Waals surface area (Å²) in [4.78, 5) is 15.3. The van der Waals surface area contributed by atoms with Crippen LogP contribution in [0.5, 0.6) is 0 Å². The molecule has 0 aliphatic carbocycles. The molecular weight excluding hydrogens is 386 g/mol. The number of rotatable bonds is 7. The lowest BCUT2D eigenvalue weighted by atomic mass is 10.1. The molecule has 1 saturated heterocycles. The Balaban J connectivity index is 1.79. The van der Waals surface area contributed by atoms with Crippen molar-refractivity contribution in [2.24, 2.45) is 0 Å². The van der Waals surface area contributed by atoms with Crippen LogP contribution in [0.15, 0.2) is 48.5 Å². The summed E-state index contributed by atoms with van der Waals surface area (Å²) in [6, 6.07) is 14.1. The van der Waals surface area contributed by atoms with Gasteiger partial charge in [-0.2, -0.15) is 0 Å². The molecule has 0 spiro atoms. The summed E-state index contributed by atoms with van der Waals surface area (Å²) in [5.74, 6) is -0.340. The number of nitrogens with zero attached hydrogens (tertiary/aromatic N) is 2. The summed E-state index contributed by atoms with van der Waals surface area (Å²) >= 11 is 0. The number of sulfonamides is 1. The summed E-state index contributed by atoms with van der Waals surface area (Å²) in [5.41, 5.74) is 3.32. The zero-order valence-corrected chi connectivity index (χ0v) is 18.1. The third-order valence-electron chi connectivity index (χ3n) is 5.22. The van der Waals surface area contributed by atoms with Crippen LogP contribution >= 0.6 is 0 Å². The van der Waals surface area contributed by atoms with E-state index in [9.17, 15) is 13.2 Å². The first-order chi connectivity index (χ1) is 13.8. The Morgan fingerprint density at radius 3 is 2.17 bits per heavy atom. The number of hydrogen-bond donors (Lipinski definition) is 1. The normalized spacial score (nSPS) is 15.2. The predicted molar refractivity (Wildman–Crippen MR) is 119 cm³/mol. The molecule has 0 saturated carbocycles. The summed E-state index contributed by atoms with van der Waals surface area (Å²) in [6.45, 7) is 5.87. The molecular formula is C22H29N3O3S. The van der Waals surface area contributed by atoms with E-state index in [1.807, 2.05) is 50.2 Å². The molecule has 2 aromatic rings. The van der Waals surface area contributed by atoms with Gasteiger partial charge in [0.1, 0.15) is 6.04 Å². The van der Waals surface area contributed by atoms with Gasteiger partial charge in [-0.3, -0.25) is 9.10 Å². The number of carbonyl (C=O) groups is 1. The fourth-order valence-electron chi connectivity index (χ4n) is 3.71. The average molecular weight is 416 g/mol. The minimum atomic E-state index is -3.63. The van der Waals surface area contributed by atoms with Gasteiger partial charge in [0.25, 0.3) is 0 Å². The minimum Gasteiger partial charge on any atom is -0.372 e. The Morgan fingerprint density at radius 2 is 1.66 bits per heavy atom. The molecule has 1 atom stereocenters. The second-order valence-electron chi connectivity index (χ2n) is 7.55. The topological polar surface area (TPSA) is 69.7 Å². The Bertz CT molecular complexity index is 934. The van der Waals surface area contributed by atoms with Crippen LogP contribution in [-0.4, -0.2) is 39.7 Å². The van der Waals surface area contributed by atoms with Crippen LogP contribution in [0.25, 0.3) is 0 Å². The van der Waals surface area contributed by atoms with Crippen LogP contribution in [0.1, 0.15) is 31.7 Å². The zero-order chi connectivity index (χ0) is 21.0. The van der Waals surface area contributed by atoms with E-state index in [-0.39, 0.29) is 5.91 Å². The molecule has 1 N–H and O–H groups in total. The van der Waals surface area contributed by atoms with Gasteiger partial charge < -0.3 is 10.2 Å². The third-order valence-corrected chi connectivity index (χ3v) is 6.40. The van der Waals surface area contributed by atoms with Crippen molar-refractivity contribution in [1.29, 1.82) is 0 Å². The Kier molecular flexibility index (Phi) is 6.47. The number of anilines is 3. The number of carbonyl (C=O) groups excluding carboxylic acids is 1. The molecule has 0 aromatic heterocycles. The molecule has 1 heterocycles. The molecule has 29 heavy (non-hydrogen) atoms. The van der Waals surface area contributed by atoms with Crippen LogP contribution in [0.3, 0.4) is 0 Å². The smallest absolute Gasteiger partial charge is 0.248 e. The minimum absolute atomic E-state index is 0.340. The van der Waals surface area contributed by atoms with Crippen molar-refractivity contribution in [3.8, 4) is 0 Å². The van der Waals surface area contributed by atoms with Gasteiger partial charge in [0.15, 0.2) is 0 Å². The average Bonchev–Trinajstić information content (AvgIpc) is 3.21. The lowest BCUT2D eigenvalue weighted by Crippen LogP contribution is -2.47. The first-order valence-electron chi connectivity index (χ1n) is 10.0. The highest BCUT2D eigenvalue weighted by atomic mass is 32.2. The van der Waals surface area contributed by atoms with Crippen molar-refractivity contribution < 1.29 is 13.2 Å². The summed E-state index contributed by atoms with van der Waals surface area (Å²) in [7, 11) is -3.63. The Hall–Kier alpha value is -2.54. The molecule has 6 nitrogen and oxygen atoms in total. The van der Waals surface area contributed by atoms with Crippen molar-refractivity contribution in [3.63, 3.8) is 0 Å². The van der Waals surface area contributed by atoms with E-state index in [4.69, 9.17) is 0 Å². The van der Waals surface area contributed by atoms with E-state index in [0.717, 1.165) is 30.6 Å². The maximum atomic E-state index is 13.0. The van der Waals surface area contributed by atoms with Crippen molar-refractivity contribution in [2.45, 2.75) is 39.2 Å². The highest BCUT2D eigenvalue weighted by Crippen LogP contribution is 2.25. The van der Waals surface area contributed by atoms with Crippen LogP contribution in [0.2, 0.25) is 0 Å². The van der Waals surface area contributed by atoms with Crippen molar-refractivity contribution in [2.75, 3.05) is 33.9 Å². The maximum Gasteiger partial charge on any atom is 0.248 e. The van der Waals surface area contributed by atoms with Crippen molar-refractivity contribution in [1.82, 2.24) is 0 Å². The van der Waals surface area contributed by atoms with E-state index in [1.165, 1.54) is 17.1 Å². The monoisotopic (exact) mass is 415 g/mol. The van der Waals surface area contributed by atoms with Gasteiger partial charge in [-0.15, -0.1) is 0 Å². The first-order valence-corrected chi connectivity index (χ1v) is 11.9. The lowest BCUT2D eigenvalue weighted by Gasteiger charge is -2.30. The fourth-order valence-corrected chi connectivity index (χ4v) is 4.92. The van der Waals surface area contributed by atoms with Gasteiger partial charge in [-0.25, -0.2) is 8.42 Å². The van der Waals surface area contributed by atoms with Crippen molar-refractivity contribution in [3.05, 3.63) is 54.1 Å². The lowest BCUT2D eigenvalue weighted by molar-refractivity contribution is -0.117. The predicted octanol–water partition coefficient (Wildman–Crippen LogP) is 3.78. The van der Waals surface area contributed by atoms with Gasteiger partial charge in [-0.05, 0) is 62.6 Å². The van der Waals surface area contributed by atoms with E-state index in [1.54, 1.807) is 12.1 Å². The van der Waals surface area contributed by atoms with E-state index < -0.39 is 16.1 Å². The Morgan fingerprint density at radius 1 is 1.07 bits per heavy atom. The van der Waals surface area contributed by atoms with Gasteiger partial charge in [0.05, 0.1) is 11.9 Å². The molecule has 1 aliphatic heterocycles. The standard InChI is InChI=1S/C22H29N3O3S/c1-4-21(25(29(3,27)28)20-11-7-17(2)8-12-20)22(26)23-18-9-13-19(14-10-18)24-15-5-6-16-24/h7-14,21H,4-6,15-16H2,1-3H3,(H,23,26). The summed E-state index contributed by atoms with van der Waals surface area (Å²) < 4.78 is 26.2. The number of benzene rings is 2. The second-order valence-corrected chi connectivity index (χ2v) is 9.41. The number of nitrogens with one attached hydrogen (secondary N) is 1. The SMILES string of the molecule is CCC(C(=O)Nc1ccc(N2CCCC2)cc1)N(c1ccc(C)cc1)S(C)(=O)=O. The van der Waals surface area contributed by atoms with E-state index >= 15 is 0 Å². The molecule has 0 bridgehead atoms. The Labute approximate surface area is 173 Å². The number of amides is 1. The highest BCUT2D eigenvalue weighted by molar-refractivity contribution is 7.92. The van der Waals surface area contributed by atoms with Crippen LogP contribution in [0, 0.1) is 6.92 Å². The van der Waals surface area contributed by atoms with E-state index in [2.05, 4.69) is 10.2 Å².